The van der Waals surface area contributed by atoms with Crippen molar-refractivity contribution in [1.82, 2.24) is 5.32 Å². The molecule has 0 bridgehead atoms. The third kappa shape index (κ3) is 3.15. The van der Waals surface area contributed by atoms with Crippen LogP contribution in [0.5, 0.6) is 5.75 Å². The van der Waals surface area contributed by atoms with Crippen LogP contribution in [0.4, 0.5) is 0 Å². The fourth-order valence-electron chi connectivity index (χ4n) is 3.66. The summed E-state index contributed by atoms with van der Waals surface area (Å²) >= 11 is 0. The molecule has 3 heteroatoms. The highest BCUT2D eigenvalue weighted by Gasteiger charge is 2.38. The molecule has 1 saturated carbocycles. The fourth-order valence-corrected chi connectivity index (χ4v) is 3.66. The Morgan fingerprint density at radius 3 is 2.80 bits per heavy atom. The van der Waals surface area contributed by atoms with Crippen LogP contribution in [0.3, 0.4) is 0 Å². The minimum atomic E-state index is 0.146. The molecule has 2 fully saturated rings. The molecule has 1 unspecified atom stereocenters. The Hall–Kier alpha value is -1.06. The Morgan fingerprint density at radius 1 is 1.20 bits per heavy atom. The molecule has 1 heterocycles. The van der Waals surface area contributed by atoms with Gasteiger partial charge in [0.25, 0.3) is 0 Å². The highest BCUT2D eigenvalue weighted by Crippen LogP contribution is 2.38. The van der Waals surface area contributed by atoms with Crippen molar-refractivity contribution in [2.45, 2.75) is 63.1 Å². The topological polar surface area (TPSA) is 41.5 Å². The van der Waals surface area contributed by atoms with Gasteiger partial charge in [0.05, 0.1) is 5.60 Å². The van der Waals surface area contributed by atoms with E-state index in [0.29, 0.717) is 11.8 Å². The number of rotatable bonds is 3. The number of nitrogens with one attached hydrogen (secondary N) is 1. The van der Waals surface area contributed by atoms with Crippen LogP contribution < -0.4 is 5.32 Å². The second-order valence-corrected chi connectivity index (χ2v) is 6.29. The first-order valence-corrected chi connectivity index (χ1v) is 7.92. The SMILES string of the molecule is Oc1ccccc1CNC1CCOC2(CCCCC2)C1. The molecule has 0 radical (unpaired) electrons. The molecule has 2 aliphatic rings. The Labute approximate surface area is 121 Å². The lowest BCUT2D eigenvalue weighted by Crippen LogP contribution is -2.47. The van der Waals surface area contributed by atoms with Crippen LogP contribution >= 0.6 is 0 Å². The van der Waals surface area contributed by atoms with E-state index < -0.39 is 0 Å². The van der Waals surface area contributed by atoms with Crippen molar-refractivity contribution in [2.24, 2.45) is 0 Å². The molecule has 1 aliphatic carbocycles. The highest BCUT2D eigenvalue weighted by atomic mass is 16.5. The molecule has 1 atom stereocenters. The predicted molar refractivity (Wildman–Crippen MR) is 79.7 cm³/mol. The minimum absolute atomic E-state index is 0.146. The molecule has 1 saturated heterocycles. The van der Waals surface area contributed by atoms with E-state index in [0.717, 1.165) is 31.6 Å². The minimum Gasteiger partial charge on any atom is -0.508 e. The third-order valence-electron chi connectivity index (χ3n) is 4.83. The molecular weight excluding hydrogens is 250 g/mol. The van der Waals surface area contributed by atoms with Gasteiger partial charge in [-0.25, -0.2) is 0 Å². The summed E-state index contributed by atoms with van der Waals surface area (Å²) < 4.78 is 6.12. The lowest BCUT2D eigenvalue weighted by atomic mass is 9.78. The number of phenols is 1. The van der Waals surface area contributed by atoms with Gasteiger partial charge < -0.3 is 15.2 Å². The second kappa shape index (κ2) is 6.15. The number of hydrogen-bond acceptors (Lipinski definition) is 3. The van der Waals surface area contributed by atoms with E-state index in [9.17, 15) is 5.11 Å². The van der Waals surface area contributed by atoms with Gasteiger partial charge >= 0.3 is 0 Å². The normalized spacial score (nSPS) is 25.7. The summed E-state index contributed by atoms with van der Waals surface area (Å²) in [5.74, 6) is 0.388. The molecule has 1 aromatic rings. The van der Waals surface area contributed by atoms with Gasteiger partial charge in [0.15, 0.2) is 0 Å². The number of phenolic OH excluding ortho intramolecular Hbond substituents is 1. The van der Waals surface area contributed by atoms with Gasteiger partial charge in [-0.3, -0.25) is 0 Å². The van der Waals surface area contributed by atoms with Gasteiger partial charge in [-0.15, -0.1) is 0 Å². The number of para-hydroxylation sites is 1. The lowest BCUT2D eigenvalue weighted by molar-refractivity contribution is -0.109. The summed E-state index contributed by atoms with van der Waals surface area (Å²) in [5, 5.41) is 13.4. The number of hydrogen-bond donors (Lipinski definition) is 2. The van der Waals surface area contributed by atoms with Crippen LogP contribution in [0.25, 0.3) is 0 Å². The van der Waals surface area contributed by atoms with E-state index in [2.05, 4.69) is 5.32 Å². The molecule has 0 amide bonds. The maximum atomic E-state index is 9.82. The van der Waals surface area contributed by atoms with E-state index in [4.69, 9.17) is 4.74 Å². The van der Waals surface area contributed by atoms with Gasteiger partial charge in [0.2, 0.25) is 0 Å². The maximum absolute atomic E-state index is 9.82. The molecule has 3 nitrogen and oxygen atoms in total. The van der Waals surface area contributed by atoms with E-state index >= 15 is 0 Å². The van der Waals surface area contributed by atoms with Crippen molar-refractivity contribution in [3.8, 4) is 5.75 Å². The lowest BCUT2D eigenvalue weighted by Gasteiger charge is -2.43. The van der Waals surface area contributed by atoms with Crippen molar-refractivity contribution in [1.29, 1.82) is 0 Å². The molecule has 1 spiro atoms. The zero-order chi connectivity index (χ0) is 13.8. The molecule has 2 N–H and O–H groups in total. The summed E-state index contributed by atoms with van der Waals surface area (Å²) in [6.45, 7) is 1.62. The Bertz CT molecular complexity index is 435. The van der Waals surface area contributed by atoms with Gasteiger partial charge in [0, 0.05) is 24.8 Å². The molecule has 0 aromatic heterocycles. The van der Waals surface area contributed by atoms with Crippen LogP contribution in [-0.2, 0) is 11.3 Å². The smallest absolute Gasteiger partial charge is 0.120 e. The van der Waals surface area contributed by atoms with Crippen molar-refractivity contribution < 1.29 is 9.84 Å². The Balaban J connectivity index is 1.56. The second-order valence-electron chi connectivity index (χ2n) is 6.29. The maximum Gasteiger partial charge on any atom is 0.120 e. The molecule has 1 aromatic carbocycles. The van der Waals surface area contributed by atoms with Gasteiger partial charge in [-0.2, -0.15) is 0 Å². The number of benzene rings is 1. The largest absolute Gasteiger partial charge is 0.508 e. The van der Waals surface area contributed by atoms with Gasteiger partial charge in [0.1, 0.15) is 5.75 Å². The average Bonchev–Trinajstić information content (AvgIpc) is 2.47. The van der Waals surface area contributed by atoms with Crippen LogP contribution in [0.15, 0.2) is 24.3 Å². The summed E-state index contributed by atoms with van der Waals surface area (Å²) in [7, 11) is 0. The van der Waals surface area contributed by atoms with Crippen molar-refractivity contribution in [2.75, 3.05) is 6.61 Å². The Kier molecular flexibility index (Phi) is 4.27. The number of aromatic hydroxyl groups is 1. The number of ether oxygens (including phenoxy) is 1. The quantitative estimate of drug-likeness (QED) is 0.888. The van der Waals surface area contributed by atoms with Gasteiger partial charge in [-0.05, 0) is 31.7 Å². The van der Waals surface area contributed by atoms with E-state index in [-0.39, 0.29) is 5.60 Å². The molecule has 110 valence electrons. The summed E-state index contributed by atoms with van der Waals surface area (Å²) in [6.07, 6.45) is 8.64. The summed E-state index contributed by atoms with van der Waals surface area (Å²) in [6, 6.07) is 8.09. The fraction of sp³-hybridized carbons (Fsp3) is 0.647. The van der Waals surface area contributed by atoms with Crippen molar-refractivity contribution in [3.05, 3.63) is 29.8 Å². The van der Waals surface area contributed by atoms with Crippen molar-refractivity contribution >= 4 is 0 Å². The summed E-state index contributed by atoms with van der Waals surface area (Å²) in [4.78, 5) is 0. The van der Waals surface area contributed by atoms with E-state index in [1.165, 1.54) is 32.1 Å². The molecule has 1 aliphatic heterocycles. The molecule has 20 heavy (non-hydrogen) atoms. The standard InChI is InChI=1S/C17H25NO2/c19-16-7-3-2-6-14(16)13-18-15-8-11-20-17(12-15)9-4-1-5-10-17/h2-3,6-7,15,18-19H,1,4-5,8-13H2. The van der Waals surface area contributed by atoms with Crippen LogP contribution in [0.2, 0.25) is 0 Å². The first-order chi connectivity index (χ1) is 9.77. The van der Waals surface area contributed by atoms with Crippen LogP contribution in [-0.4, -0.2) is 23.4 Å². The predicted octanol–water partition coefficient (Wildman–Crippen LogP) is 3.36. The van der Waals surface area contributed by atoms with Gasteiger partial charge in [-0.1, -0.05) is 37.5 Å². The highest BCUT2D eigenvalue weighted by molar-refractivity contribution is 5.31. The average molecular weight is 275 g/mol. The van der Waals surface area contributed by atoms with Crippen LogP contribution in [0.1, 0.15) is 50.5 Å². The first-order valence-electron chi connectivity index (χ1n) is 7.92. The third-order valence-corrected chi connectivity index (χ3v) is 4.83. The van der Waals surface area contributed by atoms with E-state index in [1.54, 1.807) is 6.07 Å². The molecule has 3 rings (SSSR count). The zero-order valence-electron chi connectivity index (χ0n) is 12.1. The zero-order valence-corrected chi connectivity index (χ0v) is 12.1. The first kappa shape index (κ1) is 13.9. The van der Waals surface area contributed by atoms with Crippen LogP contribution in [0, 0.1) is 0 Å². The Morgan fingerprint density at radius 2 is 2.00 bits per heavy atom. The van der Waals surface area contributed by atoms with Crippen molar-refractivity contribution in [3.63, 3.8) is 0 Å². The monoisotopic (exact) mass is 275 g/mol. The van der Waals surface area contributed by atoms with E-state index in [1.807, 2.05) is 18.2 Å². The summed E-state index contributed by atoms with van der Waals surface area (Å²) in [5.41, 5.74) is 1.13. The molecular formula is C17H25NO2.